The van der Waals surface area contributed by atoms with Crippen molar-refractivity contribution in [2.24, 2.45) is 0 Å². The fourth-order valence-electron chi connectivity index (χ4n) is 3.67. The molecule has 1 aromatic carbocycles. The fourth-order valence-corrected chi connectivity index (χ4v) is 3.67. The van der Waals surface area contributed by atoms with Crippen molar-refractivity contribution in [1.82, 2.24) is 25.2 Å². The number of aromatic nitrogens is 3. The van der Waals surface area contributed by atoms with Crippen LogP contribution in [-0.2, 0) is 6.54 Å². The Hall–Kier alpha value is -3.09. The molecule has 3 heterocycles. The summed E-state index contributed by atoms with van der Waals surface area (Å²) in [5.74, 6) is 0.704. The lowest BCUT2D eigenvalue weighted by atomic mass is 10.1. The van der Waals surface area contributed by atoms with Gasteiger partial charge in [-0.05, 0) is 33.3 Å². The van der Waals surface area contributed by atoms with Crippen LogP contribution in [0.5, 0.6) is 0 Å². The van der Waals surface area contributed by atoms with Crippen LogP contribution < -0.4 is 5.32 Å². The Balaban J connectivity index is 1.32. The molecule has 1 fully saturated rings. The molecule has 0 spiro atoms. The maximum absolute atomic E-state index is 12.5. The quantitative estimate of drug-likeness (QED) is 0.751. The van der Waals surface area contributed by atoms with E-state index in [-0.39, 0.29) is 12.1 Å². The minimum absolute atomic E-state index is 0.0797. The van der Waals surface area contributed by atoms with Crippen LogP contribution in [0.15, 0.2) is 40.9 Å². The van der Waals surface area contributed by atoms with Gasteiger partial charge in [-0.2, -0.15) is 5.10 Å². The number of urea groups is 1. The molecular formula is C21H25N5O2. The van der Waals surface area contributed by atoms with Gasteiger partial charge in [0.05, 0.1) is 18.3 Å². The van der Waals surface area contributed by atoms with E-state index in [9.17, 15) is 4.79 Å². The zero-order valence-electron chi connectivity index (χ0n) is 16.5. The molecule has 0 aliphatic carbocycles. The van der Waals surface area contributed by atoms with Gasteiger partial charge in [0.15, 0.2) is 5.76 Å². The van der Waals surface area contributed by atoms with E-state index in [1.54, 1.807) is 0 Å². The molecule has 0 saturated carbocycles. The van der Waals surface area contributed by atoms with Crippen LogP contribution in [0.25, 0.3) is 11.3 Å². The van der Waals surface area contributed by atoms with Crippen molar-refractivity contribution in [1.29, 1.82) is 0 Å². The van der Waals surface area contributed by atoms with Crippen LogP contribution >= 0.6 is 0 Å². The summed E-state index contributed by atoms with van der Waals surface area (Å²) in [5.41, 5.74) is 5.02. The highest BCUT2D eigenvalue weighted by Crippen LogP contribution is 2.23. The molecular weight excluding hydrogens is 354 g/mol. The molecule has 2 amide bonds. The third-order valence-corrected chi connectivity index (χ3v) is 5.16. The van der Waals surface area contributed by atoms with Crippen molar-refractivity contribution in [3.05, 3.63) is 59.0 Å². The summed E-state index contributed by atoms with van der Waals surface area (Å²) in [6.07, 6.45) is 0.914. The molecule has 0 radical (unpaired) electrons. The number of hydrogen-bond donors (Lipinski definition) is 1. The van der Waals surface area contributed by atoms with E-state index in [1.165, 1.54) is 5.56 Å². The number of nitrogens with one attached hydrogen (secondary N) is 1. The molecule has 2 aromatic heterocycles. The predicted molar refractivity (Wildman–Crippen MR) is 106 cm³/mol. The number of carbonyl (C=O) groups is 1. The Labute approximate surface area is 164 Å². The summed E-state index contributed by atoms with van der Waals surface area (Å²) in [6, 6.07) is 12.2. The van der Waals surface area contributed by atoms with E-state index >= 15 is 0 Å². The van der Waals surface area contributed by atoms with Crippen molar-refractivity contribution in [3.63, 3.8) is 0 Å². The number of carbonyl (C=O) groups excluding carboxylic acids is 1. The monoisotopic (exact) mass is 379 g/mol. The Morgan fingerprint density at radius 3 is 2.71 bits per heavy atom. The summed E-state index contributed by atoms with van der Waals surface area (Å²) in [7, 11) is 0. The first-order valence-corrected chi connectivity index (χ1v) is 9.58. The van der Waals surface area contributed by atoms with Crippen molar-refractivity contribution in [2.75, 3.05) is 13.1 Å². The van der Waals surface area contributed by atoms with E-state index in [4.69, 9.17) is 4.52 Å². The van der Waals surface area contributed by atoms with Gasteiger partial charge < -0.3 is 14.7 Å². The zero-order chi connectivity index (χ0) is 19.7. The average Bonchev–Trinajstić information content (AvgIpc) is 3.40. The van der Waals surface area contributed by atoms with E-state index in [0.717, 1.165) is 29.9 Å². The molecule has 7 heteroatoms. The van der Waals surface area contributed by atoms with Crippen LogP contribution in [0.2, 0.25) is 0 Å². The number of hydrogen-bond acceptors (Lipinski definition) is 4. The zero-order valence-corrected chi connectivity index (χ0v) is 16.5. The lowest BCUT2D eigenvalue weighted by molar-refractivity contribution is 0.206. The minimum Gasteiger partial charge on any atom is -0.356 e. The van der Waals surface area contributed by atoms with Gasteiger partial charge in [-0.1, -0.05) is 35.0 Å². The van der Waals surface area contributed by atoms with E-state index < -0.39 is 0 Å². The van der Waals surface area contributed by atoms with Crippen LogP contribution in [0, 0.1) is 20.8 Å². The second-order valence-electron chi connectivity index (χ2n) is 7.47. The Bertz CT molecular complexity index is 973. The Morgan fingerprint density at radius 1 is 1.21 bits per heavy atom. The van der Waals surface area contributed by atoms with E-state index in [1.807, 2.05) is 53.8 Å². The smallest absolute Gasteiger partial charge is 0.317 e. The number of nitrogens with zero attached hydrogens (tertiary/aromatic N) is 4. The Morgan fingerprint density at radius 2 is 2.00 bits per heavy atom. The van der Waals surface area contributed by atoms with Gasteiger partial charge in [-0.3, -0.25) is 4.68 Å². The number of aryl methyl sites for hydroxylation is 3. The molecule has 1 atom stereocenters. The number of benzene rings is 1. The minimum atomic E-state index is -0.0797. The lowest BCUT2D eigenvalue weighted by Crippen LogP contribution is -2.38. The molecule has 7 nitrogen and oxygen atoms in total. The van der Waals surface area contributed by atoms with Gasteiger partial charge in [-0.15, -0.1) is 0 Å². The predicted octanol–water partition coefficient (Wildman–Crippen LogP) is 3.62. The van der Waals surface area contributed by atoms with Gasteiger partial charge >= 0.3 is 6.03 Å². The molecule has 4 rings (SSSR count). The molecule has 1 saturated heterocycles. The number of amides is 2. The summed E-state index contributed by atoms with van der Waals surface area (Å²) < 4.78 is 7.45. The molecule has 1 aliphatic heterocycles. The van der Waals surface area contributed by atoms with Crippen molar-refractivity contribution < 1.29 is 9.32 Å². The summed E-state index contributed by atoms with van der Waals surface area (Å²) >= 11 is 0. The third-order valence-electron chi connectivity index (χ3n) is 5.16. The highest BCUT2D eigenvalue weighted by atomic mass is 16.5. The fraction of sp³-hybridized carbons (Fsp3) is 0.381. The highest BCUT2D eigenvalue weighted by molar-refractivity contribution is 5.74. The van der Waals surface area contributed by atoms with Crippen molar-refractivity contribution >= 4 is 6.03 Å². The molecule has 0 unspecified atom stereocenters. The van der Waals surface area contributed by atoms with Crippen LogP contribution in [0.3, 0.4) is 0 Å². The largest absolute Gasteiger partial charge is 0.356 e. The first-order chi connectivity index (χ1) is 13.5. The highest BCUT2D eigenvalue weighted by Gasteiger charge is 2.28. The summed E-state index contributed by atoms with van der Waals surface area (Å²) in [6.45, 7) is 7.83. The van der Waals surface area contributed by atoms with Gasteiger partial charge in [0.1, 0.15) is 5.69 Å². The molecule has 3 aromatic rings. The molecule has 146 valence electrons. The number of rotatable bonds is 4. The van der Waals surface area contributed by atoms with Crippen molar-refractivity contribution in [2.45, 2.75) is 39.8 Å². The lowest BCUT2D eigenvalue weighted by Gasteiger charge is -2.17. The second-order valence-corrected chi connectivity index (χ2v) is 7.47. The average molecular weight is 379 g/mol. The maximum atomic E-state index is 12.5. The first kappa shape index (κ1) is 18.3. The second kappa shape index (κ2) is 7.50. The first-order valence-electron chi connectivity index (χ1n) is 9.58. The van der Waals surface area contributed by atoms with Crippen molar-refractivity contribution in [3.8, 4) is 11.3 Å². The summed E-state index contributed by atoms with van der Waals surface area (Å²) in [4.78, 5) is 14.4. The van der Waals surface area contributed by atoms with Gasteiger partial charge in [0.2, 0.25) is 0 Å². The molecule has 0 bridgehead atoms. The molecule has 1 N–H and O–H groups in total. The van der Waals surface area contributed by atoms with Crippen LogP contribution in [0.4, 0.5) is 4.79 Å². The van der Waals surface area contributed by atoms with Gasteiger partial charge in [0, 0.05) is 30.4 Å². The van der Waals surface area contributed by atoms with Gasteiger partial charge in [0.25, 0.3) is 0 Å². The standard InChI is InChI=1S/C21H25N5O2/c1-14-4-6-17(7-5-14)20-11-18(24-28-20)12-22-21(27)25-9-8-19(13-25)26-16(3)10-15(2)23-26/h4-7,10-11,19H,8-9,12-13H2,1-3H3,(H,22,27)/t19-/m1/s1. The third kappa shape index (κ3) is 3.78. The number of likely N-dealkylation sites (tertiary alicyclic amines) is 1. The Kier molecular flexibility index (Phi) is 4.90. The van der Waals surface area contributed by atoms with Crippen LogP contribution in [-0.4, -0.2) is 39.0 Å². The van der Waals surface area contributed by atoms with Crippen LogP contribution in [0.1, 0.15) is 35.1 Å². The normalized spacial score (nSPS) is 16.5. The van der Waals surface area contributed by atoms with E-state index in [0.29, 0.717) is 24.5 Å². The van der Waals surface area contributed by atoms with E-state index in [2.05, 4.69) is 28.6 Å². The van der Waals surface area contributed by atoms with Gasteiger partial charge in [-0.25, -0.2) is 4.79 Å². The molecule has 28 heavy (non-hydrogen) atoms. The maximum Gasteiger partial charge on any atom is 0.317 e. The SMILES string of the molecule is Cc1ccc(-c2cc(CNC(=O)N3CC[C@@H](n4nc(C)cc4C)C3)no2)cc1. The summed E-state index contributed by atoms with van der Waals surface area (Å²) in [5, 5.41) is 11.6. The molecule has 1 aliphatic rings. The topological polar surface area (TPSA) is 76.2 Å².